The molecule has 7 nitrogen and oxygen atoms in total. The Hall–Kier alpha value is -1.79. The van der Waals surface area contributed by atoms with Gasteiger partial charge in [0.15, 0.2) is 0 Å². The summed E-state index contributed by atoms with van der Waals surface area (Å²) in [6.45, 7) is 0. The molecule has 0 rings (SSSR count). The number of carbonyl (C=O) groups is 3. The fourth-order valence-corrected chi connectivity index (χ4v) is 0.180. The van der Waals surface area contributed by atoms with Crippen molar-refractivity contribution in [2.75, 3.05) is 0 Å². The third kappa shape index (κ3) is 3.24. The van der Waals surface area contributed by atoms with Crippen LogP contribution in [0, 0.1) is 0 Å². The topological polar surface area (TPSA) is 127 Å². The van der Waals surface area contributed by atoms with Crippen LogP contribution in [0.15, 0.2) is 0 Å². The first-order valence-corrected chi connectivity index (χ1v) is 2.19. The molecule has 0 aromatic carbocycles. The summed E-state index contributed by atoms with van der Waals surface area (Å²) in [4.78, 5) is 30.0. The number of nitrogens with two attached hydrogens (primary N) is 2. The molecule has 0 heterocycles. The third-order valence-electron chi connectivity index (χ3n) is 0.523. The molecule has 10 heavy (non-hydrogen) atoms. The second-order valence-corrected chi connectivity index (χ2v) is 1.31. The Morgan fingerprint density at radius 3 is 1.80 bits per heavy atom. The Labute approximate surface area is 55.7 Å². The predicted molar refractivity (Wildman–Crippen MR) is 30.1 cm³/mol. The molecule has 6 N–H and O–H groups in total. The largest absolute Gasteiger partial charge is 0.361 e. The summed E-state index contributed by atoms with van der Waals surface area (Å²) in [5, 5.41) is 0. The van der Waals surface area contributed by atoms with Crippen LogP contribution in [0.5, 0.6) is 0 Å². The van der Waals surface area contributed by atoms with Crippen LogP contribution in [0.2, 0.25) is 0 Å². The van der Waals surface area contributed by atoms with Crippen LogP contribution in [0.25, 0.3) is 0 Å². The van der Waals surface area contributed by atoms with E-state index in [0.717, 1.165) is 0 Å². The van der Waals surface area contributed by atoms with Crippen molar-refractivity contribution in [2.24, 2.45) is 11.5 Å². The highest BCUT2D eigenvalue weighted by atomic mass is 16.2. The maximum Gasteiger partial charge on any atom is 0.330 e. The van der Waals surface area contributed by atoms with Gasteiger partial charge in [0.25, 0.3) is 0 Å². The molecule has 0 aliphatic heterocycles. The number of rotatable bonds is 0. The van der Waals surface area contributed by atoms with Crippen LogP contribution in [0.1, 0.15) is 0 Å². The molecule has 0 aromatic rings. The number of hydrazine groups is 1. The Bertz CT molecular complexity index is 177. The van der Waals surface area contributed by atoms with Gasteiger partial charge in [-0.25, -0.2) is 10.2 Å². The predicted octanol–water partition coefficient (Wildman–Crippen LogP) is -2.83. The van der Waals surface area contributed by atoms with Crippen molar-refractivity contribution in [3.05, 3.63) is 0 Å². The van der Waals surface area contributed by atoms with E-state index in [9.17, 15) is 14.4 Å². The van der Waals surface area contributed by atoms with Gasteiger partial charge in [-0.15, -0.1) is 0 Å². The van der Waals surface area contributed by atoms with Gasteiger partial charge < -0.3 is 11.5 Å². The van der Waals surface area contributed by atoms with Crippen LogP contribution in [0.4, 0.5) is 4.79 Å². The van der Waals surface area contributed by atoms with Gasteiger partial charge in [-0.05, 0) is 0 Å². The summed E-state index contributed by atoms with van der Waals surface area (Å²) in [6.07, 6.45) is 0. The third-order valence-corrected chi connectivity index (χ3v) is 0.523. The maximum atomic E-state index is 10.2. The van der Waals surface area contributed by atoms with Gasteiger partial charge in [-0.1, -0.05) is 0 Å². The number of carbonyl (C=O) groups excluding carboxylic acids is 3. The van der Waals surface area contributed by atoms with Crippen molar-refractivity contribution >= 4 is 17.8 Å². The van der Waals surface area contributed by atoms with E-state index in [2.05, 4.69) is 11.5 Å². The van der Waals surface area contributed by atoms with E-state index >= 15 is 0 Å². The SMILES string of the molecule is NC(=O)NNC(=O)C(N)=O. The molecule has 0 saturated carbocycles. The molecular weight excluding hydrogens is 140 g/mol. The highest BCUT2D eigenvalue weighted by Gasteiger charge is 2.06. The molecular formula is C3H6N4O3. The van der Waals surface area contributed by atoms with Crippen molar-refractivity contribution in [2.45, 2.75) is 0 Å². The zero-order chi connectivity index (χ0) is 8.15. The van der Waals surface area contributed by atoms with E-state index in [-0.39, 0.29) is 0 Å². The Morgan fingerprint density at radius 2 is 1.50 bits per heavy atom. The van der Waals surface area contributed by atoms with Gasteiger partial charge in [-0.3, -0.25) is 15.0 Å². The zero-order valence-corrected chi connectivity index (χ0v) is 4.88. The minimum absolute atomic E-state index is 0.977. The average Bonchev–Trinajstić information content (AvgIpc) is 1.82. The zero-order valence-electron chi connectivity index (χ0n) is 4.88. The van der Waals surface area contributed by atoms with Crippen LogP contribution < -0.4 is 22.3 Å². The van der Waals surface area contributed by atoms with Crippen LogP contribution >= 0.6 is 0 Å². The lowest BCUT2D eigenvalue weighted by Crippen LogP contribution is -2.48. The smallest absolute Gasteiger partial charge is 0.330 e. The van der Waals surface area contributed by atoms with E-state index in [1.165, 1.54) is 0 Å². The number of urea groups is 1. The molecule has 0 fully saturated rings. The minimum atomic E-state index is -1.20. The van der Waals surface area contributed by atoms with Gasteiger partial charge in [-0.2, -0.15) is 0 Å². The molecule has 0 bridgehead atoms. The van der Waals surface area contributed by atoms with Gasteiger partial charge in [0.1, 0.15) is 0 Å². The first kappa shape index (κ1) is 8.21. The highest BCUT2D eigenvalue weighted by molar-refractivity contribution is 6.34. The number of primary amides is 2. The van der Waals surface area contributed by atoms with E-state index in [4.69, 9.17) is 0 Å². The Morgan fingerprint density at radius 1 is 1.00 bits per heavy atom. The summed E-state index contributed by atoms with van der Waals surface area (Å²) in [7, 11) is 0. The molecule has 0 aliphatic carbocycles. The van der Waals surface area contributed by atoms with Gasteiger partial charge in [0, 0.05) is 0 Å². The van der Waals surface area contributed by atoms with E-state index < -0.39 is 17.8 Å². The van der Waals surface area contributed by atoms with Crippen LogP contribution in [0.3, 0.4) is 0 Å². The monoisotopic (exact) mass is 146 g/mol. The average molecular weight is 146 g/mol. The molecule has 0 atom stereocenters. The lowest BCUT2D eigenvalue weighted by atomic mass is 10.6. The van der Waals surface area contributed by atoms with Gasteiger partial charge in [0.2, 0.25) is 0 Å². The van der Waals surface area contributed by atoms with E-state index in [0.29, 0.717) is 0 Å². The lowest BCUT2D eigenvalue weighted by molar-refractivity contribution is -0.137. The maximum absolute atomic E-state index is 10.2. The summed E-state index contributed by atoms with van der Waals surface area (Å²) in [6, 6.07) is -0.977. The number of hydrogen-bond donors (Lipinski definition) is 4. The van der Waals surface area contributed by atoms with Crippen LogP contribution in [-0.4, -0.2) is 17.8 Å². The minimum Gasteiger partial charge on any atom is -0.361 e. The van der Waals surface area contributed by atoms with Crippen molar-refractivity contribution < 1.29 is 14.4 Å². The molecule has 4 amide bonds. The molecule has 0 aliphatic rings. The lowest BCUT2D eigenvalue weighted by Gasteiger charge is -1.99. The van der Waals surface area contributed by atoms with Crippen LogP contribution in [-0.2, 0) is 9.59 Å². The fraction of sp³-hybridized carbons (Fsp3) is 0. The second kappa shape index (κ2) is 3.28. The number of hydrogen-bond acceptors (Lipinski definition) is 3. The molecule has 56 valence electrons. The van der Waals surface area contributed by atoms with Gasteiger partial charge in [0.05, 0.1) is 0 Å². The van der Waals surface area contributed by atoms with Gasteiger partial charge >= 0.3 is 17.8 Å². The first-order valence-electron chi connectivity index (χ1n) is 2.19. The van der Waals surface area contributed by atoms with E-state index in [1.54, 1.807) is 10.9 Å². The number of amides is 4. The standard InChI is InChI=1S/C3H6N4O3/c4-1(8)2(9)6-7-3(5)10/h(H2,4,8)(H,6,9)(H3,5,7,10). The molecule has 0 radical (unpaired) electrons. The molecule has 0 aromatic heterocycles. The Kier molecular flexibility index (Phi) is 2.69. The summed E-state index contributed by atoms with van der Waals surface area (Å²) < 4.78 is 0. The van der Waals surface area contributed by atoms with Crippen molar-refractivity contribution in [3.63, 3.8) is 0 Å². The fourth-order valence-electron chi connectivity index (χ4n) is 0.180. The summed E-state index contributed by atoms with van der Waals surface area (Å²) in [5.74, 6) is -2.33. The normalized spacial score (nSPS) is 8.00. The van der Waals surface area contributed by atoms with Crippen molar-refractivity contribution in [1.82, 2.24) is 10.9 Å². The first-order chi connectivity index (χ1) is 4.54. The highest BCUT2D eigenvalue weighted by Crippen LogP contribution is 1.56. The Balaban J connectivity index is 3.60. The molecule has 0 saturated heterocycles. The quantitative estimate of drug-likeness (QED) is 0.217. The molecule has 0 spiro atoms. The number of nitrogens with one attached hydrogen (secondary N) is 2. The second-order valence-electron chi connectivity index (χ2n) is 1.31. The summed E-state index contributed by atoms with van der Waals surface area (Å²) in [5.41, 5.74) is 12.3. The summed E-state index contributed by atoms with van der Waals surface area (Å²) >= 11 is 0. The molecule has 0 unspecified atom stereocenters. The van der Waals surface area contributed by atoms with E-state index in [1.807, 2.05) is 0 Å². The van der Waals surface area contributed by atoms with Crippen molar-refractivity contribution in [3.8, 4) is 0 Å². The molecule has 7 heteroatoms. The van der Waals surface area contributed by atoms with Crippen molar-refractivity contribution in [1.29, 1.82) is 0 Å².